The SMILES string of the molecule is COc1nc(-c2cccc(-c3cccc(-c4ccn5c(=O)c(CN6C[C@H](O)C[C@@H]6C(=O)O)cnc5c4)c3Cl)c2Cl)ccc1CN(C[C@@H]1CCC(=O)N1)C(=O)OC(C)(C)C. The smallest absolute Gasteiger partial charge is 0.410 e. The number of methoxy groups -OCH3 is 1. The maximum absolute atomic E-state index is 13.5. The van der Waals surface area contributed by atoms with Gasteiger partial charge in [0, 0.05) is 78.7 Å². The van der Waals surface area contributed by atoms with Gasteiger partial charge in [-0.15, -0.1) is 0 Å². The molecule has 2 fully saturated rings. The molecule has 0 bridgehead atoms. The molecule has 5 aromatic rings. The van der Waals surface area contributed by atoms with Gasteiger partial charge in [-0.1, -0.05) is 59.6 Å². The molecule has 2 amide bonds. The van der Waals surface area contributed by atoms with Gasteiger partial charge in [0.15, 0.2) is 0 Å². The van der Waals surface area contributed by atoms with Crippen LogP contribution in [0, 0.1) is 0 Å². The van der Waals surface area contributed by atoms with E-state index in [4.69, 9.17) is 37.7 Å². The maximum Gasteiger partial charge on any atom is 0.410 e. The summed E-state index contributed by atoms with van der Waals surface area (Å²) in [6, 6.07) is 17.2. The topological polar surface area (TPSA) is 176 Å². The maximum atomic E-state index is 13.5. The molecule has 59 heavy (non-hydrogen) atoms. The minimum atomic E-state index is -1.05. The van der Waals surface area contributed by atoms with Gasteiger partial charge in [-0.05, 0) is 57.0 Å². The number of pyridine rings is 2. The number of β-amino-alcohol motifs (C(OH)–C–C–N with tert-alkyl or cyclic N) is 1. The number of hydrogen-bond donors (Lipinski definition) is 3. The van der Waals surface area contributed by atoms with E-state index < -0.39 is 29.8 Å². The molecular formula is C43H44Cl2N6O8. The lowest BCUT2D eigenvalue weighted by atomic mass is 9.97. The third-order valence-corrected chi connectivity index (χ3v) is 11.2. The quantitative estimate of drug-likeness (QED) is 0.133. The summed E-state index contributed by atoms with van der Waals surface area (Å²) in [4.78, 5) is 62.8. The summed E-state index contributed by atoms with van der Waals surface area (Å²) < 4.78 is 12.8. The number of carbonyl (C=O) groups is 3. The Morgan fingerprint density at radius 2 is 1.68 bits per heavy atom. The predicted molar refractivity (Wildman–Crippen MR) is 222 cm³/mol. The molecule has 2 aliphatic heterocycles. The number of amides is 2. The van der Waals surface area contributed by atoms with E-state index in [0.29, 0.717) is 79.1 Å². The van der Waals surface area contributed by atoms with E-state index in [1.807, 2.05) is 42.5 Å². The van der Waals surface area contributed by atoms with Crippen LogP contribution in [0.1, 0.15) is 51.2 Å². The first-order valence-electron chi connectivity index (χ1n) is 19.1. The highest BCUT2D eigenvalue weighted by molar-refractivity contribution is 6.39. The molecule has 0 unspecified atom stereocenters. The fourth-order valence-corrected chi connectivity index (χ4v) is 8.21. The van der Waals surface area contributed by atoms with Crippen LogP contribution in [0.3, 0.4) is 0 Å². The summed E-state index contributed by atoms with van der Waals surface area (Å²) in [6.45, 7) is 5.97. The Morgan fingerprint density at radius 3 is 2.34 bits per heavy atom. The number of aliphatic hydroxyl groups is 1. The molecule has 3 N–H and O–H groups in total. The Labute approximate surface area is 350 Å². The van der Waals surface area contributed by atoms with Crippen molar-refractivity contribution in [2.75, 3.05) is 20.2 Å². The molecule has 7 rings (SSSR count). The summed E-state index contributed by atoms with van der Waals surface area (Å²) in [5, 5.41) is 23.4. The van der Waals surface area contributed by atoms with Gasteiger partial charge in [0.1, 0.15) is 17.3 Å². The highest BCUT2D eigenvalue weighted by Crippen LogP contribution is 2.42. The second kappa shape index (κ2) is 17.0. The number of aromatic nitrogens is 3. The Kier molecular flexibility index (Phi) is 12.0. The largest absolute Gasteiger partial charge is 0.481 e. The number of nitrogens with zero attached hydrogens (tertiary/aromatic N) is 5. The third kappa shape index (κ3) is 9.05. The van der Waals surface area contributed by atoms with Crippen LogP contribution in [-0.2, 0) is 27.4 Å². The van der Waals surface area contributed by atoms with Crippen LogP contribution in [0.4, 0.5) is 4.79 Å². The van der Waals surface area contributed by atoms with Gasteiger partial charge in [-0.2, -0.15) is 0 Å². The molecule has 14 nitrogen and oxygen atoms in total. The van der Waals surface area contributed by atoms with Crippen molar-refractivity contribution in [3.63, 3.8) is 0 Å². The third-order valence-electron chi connectivity index (χ3n) is 10.4. The number of carbonyl (C=O) groups excluding carboxylic acids is 2. The zero-order valence-corrected chi connectivity index (χ0v) is 34.5. The fraction of sp³-hybridized carbons (Fsp3) is 0.349. The Morgan fingerprint density at radius 1 is 0.983 bits per heavy atom. The molecule has 0 spiro atoms. The van der Waals surface area contributed by atoms with E-state index >= 15 is 0 Å². The number of fused-ring (bicyclic) bond motifs is 1. The van der Waals surface area contributed by atoms with Crippen LogP contribution >= 0.6 is 23.2 Å². The first-order chi connectivity index (χ1) is 28.1. The van der Waals surface area contributed by atoms with Gasteiger partial charge in [0.05, 0.1) is 41.1 Å². The van der Waals surface area contributed by atoms with E-state index in [1.54, 1.807) is 55.0 Å². The number of benzene rings is 2. The van der Waals surface area contributed by atoms with Crippen molar-refractivity contribution in [3.8, 4) is 39.4 Å². The summed E-state index contributed by atoms with van der Waals surface area (Å²) in [6.07, 6.45) is 2.86. The molecule has 2 aliphatic rings. The minimum Gasteiger partial charge on any atom is -0.481 e. The molecule has 16 heteroatoms. The van der Waals surface area contributed by atoms with Gasteiger partial charge in [-0.25, -0.2) is 14.8 Å². The van der Waals surface area contributed by atoms with Crippen molar-refractivity contribution >= 4 is 46.8 Å². The van der Waals surface area contributed by atoms with Crippen molar-refractivity contribution < 1.29 is 34.1 Å². The average Bonchev–Trinajstić information content (AvgIpc) is 3.79. The Hall–Kier alpha value is -5.54. The van der Waals surface area contributed by atoms with E-state index in [2.05, 4.69) is 10.3 Å². The number of aliphatic carboxylic acids is 1. The van der Waals surface area contributed by atoms with Crippen LogP contribution in [0.5, 0.6) is 5.88 Å². The molecule has 308 valence electrons. The van der Waals surface area contributed by atoms with Crippen molar-refractivity contribution in [2.24, 2.45) is 0 Å². The zero-order valence-electron chi connectivity index (χ0n) is 32.9. The number of halogens is 2. The molecule has 3 atom stereocenters. The number of carboxylic acids is 1. The number of hydrogen-bond acceptors (Lipinski definition) is 10. The number of aliphatic hydroxyl groups excluding tert-OH is 1. The molecule has 5 heterocycles. The standard InChI is InChI=1S/C43H44Cl2N6O8/c1-43(2,3)59-42(57)50(22-27-12-14-36(53)47-27)20-25-11-13-33(48-39(25)58-4)32-10-6-9-31(38(32)45)30-8-5-7-29(37(30)44)24-15-16-51-35(17-24)46-19-26(40(51)54)21-49-23-28(52)18-34(49)41(55)56/h5-11,13,15-17,19,27-28,34,52H,12,14,18,20-23H2,1-4H3,(H,47,53)(H,55,56)/t27-,28+,34+/m0/s1. The van der Waals surface area contributed by atoms with E-state index in [-0.39, 0.29) is 50.1 Å². The Bertz CT molecular complexity index is 2510. The van der Waals surface area contributed by atoms with Crippen molar-refractivity contribution in [1.82, 2.24) is 29.5 Å². The van der Waals surface area contributed by atoms with Crippen molar-refractivity contribution in [3.05, 3.63) is 105 Å². The summed E-state index contributed by atoms with van der Waals surface area (Å²) in [5.41, 5.74) is 4.10. The van der Waals surface area contributed by atoms with E-state index in [0.717, 1.165) is 0 Å². The predicted octanol–water partition coefficient (Wildman–Crippen LogP) is 6.44. The van der Waals surface area contributed by atoms with Crippen LogP contribution in [0.25, 0.3) is 39.2 Å². The monoisotopic (exact) mass is 842 g/mol. The molecule has 0 aliphatic carbocycles. The van der Waals surface area contributed by atoms with E-state index in [9.17, 15) is 29.4 Å². The van der Waals surface area contributed by atoms with Crippen molar-refractivity contribution in [1.29, 1.82) is 0 Å². The first-order valence-corrected chi connectivity index (χ1v) is 19.9. The van der Waals surface area contributed by atoms with Crippen LogP contribution < -0.4 is 15.6 Å². The first kappa shape index (κ1) is 41.6. The van der Waals surface area contributed by atoms with E-state index in [1.165, 1.54) is 17.7 Å². The average molecular weight is 844 g/mol. The number of nitrogens with one attached hydrogen (secondary N) is 1. The number of likely N-dealkylation sites (tertiary alicyclic amines) is 1. The molecule has 0 radical (unpaired) electrons. The lowest BCUT2D eigenvalue weighted by Crippen LogP contribution is -2.43. The van der Waals surface area contributed by atoms with Crippen LogP contribution in [0.2, 0.25) is 10.0 Å². The summed E-state index contributed by atoms with van der Waals surface area (Å²) in [7, 11) is 1.50. The van der Waals surface area contributed by atoms with Gasteiger partial charge >= 0.3 is 12.1 Å². The summed E-state index contributed by atoms with van der Waals surface area (Å²) in [5.74, 6) is -0.804. The lowest BCUT2D eigenvalue weighted by molar-refractivity contribution is -0.142. The van der Waals surface area contributed by atoms with Gasteiger partial charge in [0.25, 0.3) is 5.56 Å². The molecular weight excluding hydrogens is 799 g/mol. The second-order valence-electron chi connectivity index (χ2n) is 15.8. The number of rotatable bonds is 11. The molecule has 3 aromatic heterocycles. The zero-order chi connectivity index (χ0) is 42.2. The minimum absolute atomic E-state index is 0.0414. The van der Waals surface area contributed by atoms with Crippen LogP contribution in [-0.4, -0.2) is 96.3 Å². The normalized spacial score (nSPS) is 18.2. The van der Waals surface area contributed by atoms with Gasteiger partial charge in [-0.3, -0.25) is 23.7 Å². The highest BCUT2D eigenvalue weighted by atomic mass is 35.5. The Balaban J connectivity index is 1.15. The second-order valence-corrected chi connectivity index (χ2v) is 16.5. The van der Waals surface area contributed by atoms with Gasteiger partial charge in [0.2, 0.25) is 11.8 Å². The number of ether oxygens (including phenoxy) is 2. The van der Waals surface area contributed by atoms with Gasteiger partial charge < -0.3 is 29.9 Å². The molecule has 2 aromatic carbocycles. The fourth-order valence-electron chi connectivity index (χ4n) is 7.55. The molecule has 0 saturated carbocycles. The lowest BCUT2D eigenvalue weighted by Gasteiger charge is -2.29. The highest BCUT2D eigenvalue weighted by Gasteiger charge is 2.36. The summed E-state index contributed by atoms with van der Waals surface area (Å²) >= 11 is 14.3. The molecule has 2 saturated heterocycles. The van der Waals surface area contributed by atoms with Crippen LogP contribution in [0.15, 0.2) is 77.9 Å². The number of carboxylic acid groups (broad SMARTS) is 1. The van der Waals surface area contributed by atoms with Crippen molar-refractivity contribution in [2.45, 2.75) is 76.9 Å².